The predicted molar refractivity (Wildman–Crippen MR) is 49.5 cm³/mol. The van der Waals surface area contributed by atoms with E-state index in [9.17, 15) is 0 Å². The van der Waals surface area contributed by atoms with E-state index in [0.717, 1.165) is 6.54 Å². The van der Waals surface area contributed by atoms with Crippen molar-refractivity contribution in [3.05, 3.63) is 11.3 Å². The van der Waals surface area contributed by atoms with Gasteiger partial charge in [0.25, 0.3) is 0 Å². The molecule has 0 radical (unpaired) electrons. The van der Waals surface area contributed by atoms with E-state index in [0.29, 0.717) is 6.04 Å². The number of hydrogen-bond acceptors (Lipinski definition) is 3. The zero-order valence-electron chi connectivity index (χ0n) is 7.61. The molecule has 0 aromatic heterocycles. The highest BCUT2D eigenvalue weighted by atomic mass is 15.4. The third-order valence-electron chi connectivity index (χ3n) is 2.74. The third-order valence-corrected chi connectivity index (χ3v) is 2.74. The summed E-state index contributed by atoms with van der Waals surface area (Å²) in [5.74, 6) is 0. The molecule has 1 aliphatic heterocycles. The van der Waals surface area contributed by atoms with Crippen molar-refractivity contribution in [2.75, 3.05) is 13.6 Å². The summed E-state index contributed by atoms with van der Waals surface area (Å²) in [6.45, 7) is 1.03. The van der Waals surface area contributed by atoms with E-state index in [-0.39, 0.29) is 0 Å². The molecule has 12 heavy (non-hydrogen) atoms. The van der Waals surface area contributed by atoms with Crippen LogP contribution in [-0.4, -0.2) is 19.6 Å². The smallest absolute Gasteiger partial charge is 0.0614 e. The molecule has 2 aliphatic rings. The van der Waals surface area contributed by atoms with Gasteiger partial charge in [0, 0.05) is 12.2 Å². The molecular weight excluding hydrogens is 150 g/mol. The molecule has 0 amide bonds. The second kappa shape index (κ2) is 3.46. The maximum Gasteiger partial charge on any atom is 0.0614 e. The van der Waals surface area contributed by atoms with Crippen LogP contribution in [-0.2, 0) is 0 Å². The normalized spacial score (nSPS) is 28.6. The van der Waals surface area contributed by atoms with Gasteiger partial charge >= 0.3 is 0 Å². The molecule has 2 rings (SSSR count). The van der Waals surface area contributed by atoms with Crippen molar-refractivity contribution in [1.29, 1.82) is 0 Å². The summed E-state index contributed by atoms with van der Waals surface area (Å²) in [4.78, 5) is 0. The fourth-order valence-electron chi connectivity index (χ4n) is 2.10. The highest BCUT2D eigenvalue weighted by molar-refractivity contribution is 5.25. The average Bonchev–Trinajstić information content (AvgIpc) is 2.50. The van der Waals surface area contributed by atoms with Crippen LogP contribution >= 0.6 is 0 Å². The molecule has 0 aromatic carbocycles. The summed E-state index contributed by atoms with van der Waals surface area (Å²) in [5.41, 5.74) is 9.66. The summed E-state index contributed by atoms with van der Waals surface area (Å²) in [6.07, 6.45) is 5.23. The number of allylic oxidation sites excluding steroid dienone is 1. The summed E-state index contributed by atoms with van der Waals surface area (Å²) in [5, 5.41) is 3.21. The van der Waals surface area contributed by atoms with E-state index in [1.54, 1.807) is 5.57 Å². The molecule has 0 aromatic rings. The Labute approximate surface area is 73.6 Å². The van der Waals surface area contributed by atoms with Gasteiger partial charge in [0.1, 0.15) is 0 Å². The number of hydrazine groups is 1. The summed E-state index contributed by atoms with van der Waals surface area (Å²) in [7, 11) is 2.00. The molecule has 0 saturated heterocycles. The van der Waals surface area contributed by atoms with Gasteiger partial charge in [0.2, 0.25) is 0 Å². The van der Waals surface area contributed by atoms with Crippen molar-refractivity contribution in [3.63, 3.8) is 0 Å². The molecule has 1 atom stereocenters. The van der Waals surface area contributed by atoms with Crippen LogP contribution in [0.3, 0.4) is 0 Å². The Bertz CT molecular complexity index is 198. The van der Waals surface area contributed by atoms with Crippen LogP contribution in [0.2, 0.25) is 0 Å². The van der Waals surface area contributed by atoms with Gasteiger partial charge in [-0.2, -0.15) is 0 Å². The first-order valence-electron chi connectivity index (χ1n) is 4.80. The molecule has 0 spiro atoms. The topological polar surface area (TPSA) is 36.1 Å². The van der Waals surface area contributed by atoms with Gasteiger partial charge in [0.05, 0.1) is 6.04 Å². The van der Waals surface area contributed by atoms with Crippen LogP contribution < -0.4 is 16.2 Å². The second-order valence-electron chi connectivity index (χ2n) is 3.59. The van der Waals surface area contributed by atoms with E-state index in [1.165, 1.54) is 31.4 Å². The SMILES string of the molecule is CNCC1NNC2=C1CCCC2. The number of nitrogens with one attached hydrogen (secondary N) is 3. The first kappa shape index (κ1) is 8.08. The fraction of sp³-hybridized carbons (Fsp3) is 0.778. The molecule has 0 bridgehead atoms. The van der Waals surface area contributed by atoms with E-state index >= 15 is 0 Å². The Hall–Kier alpha value is -0.540. The first-order valence-corrected chi connectivity index (χ1v) is 4.80. The summed E-state index contributed by atoms with van der Waals surface area (Å²) >= 11 is 0. The lowest BCUT2D eigenvalue weighted by Crippen LogP contribution is -2.39. The molecular formula is C9H17N3. The first-order chi connectivity index (χ1) is 5.92. The van der Waals surface area contributed by atoms with Gasteiger partial charge in [0.15, 0.2) is 0 Å². The lowest BCUT2D eigenvalue weighted by atomic mass is 9.93. The number of likely N-dealkylation sites (N-methyl/N-ethyl adjacent to an activating group) is 1. The Morgan fingerprint density at radius 3 is 3.08 bits per heavy atom. The molecule has 1 heterocycles. The molecule has 3 nitrogen and oxygen atoms in total. The van der Waals surface area contributed by atoms with E-state index in [4.69, 9.17) is 0 Å². The zero-order chi connectivity index (χ0) is 8.39. The van der Waals surface area contributed by atoms with Crippen LogP contribution in [0.4, 0.5) is 0 Å². The van der Waals surface area contributed by atoms with Gasteiger partial charge in [-0.15, -0.1) is 0 Å². The molecule has 68 valence electrons. The highest BCUT2D eigenvalue weighted by Crippen LogP contribution is 2.27. The Morgan fingerprint density at radius 1 is 1.42 bits per heavy atom. The van der Waals surface area contributed by atoms with Crippen LogP contribution in [0, 0.1) is 0 Å². The second-order valence-corrected chi connectivity index (χ2v) is 3.59. The maximum atomic E-state index is 3.31. The van der Waals surface area contributed by atoms with Crippen LogP contribution in [0.15, 0.2) is 11.3 Å². The van der Waals surface area contributed by atoms with Gasteiger partial charge in [-0.25, -0.2) is 5.43 Å². The van der Waals surface area contributed by atoms with Crippen molar-refractivity contribution in [3.8, 4) is 0 Å². The maximum absolute atomic E-state index is 3.31. The lowest BCUT2D eigenvalue weighted by Gasteiger charge is -2.16. The zero-order valence-corrected chi connectivity index (χ0v) is 7.61. The summed E-state index contributed by atoms with van der Waals surface area (Å²) < 4.78 is 0. The fourth-order valence-corrected chi connectivity index (χ4v) is 2.10. The van der Waals surface area contributed by atoms with E-state index < -0.39 is 0 Å². The molecule has 1 unspecified atom stereocenters. The van der Waals surface area contributed by atoms with Gasteiger partial charge < -0.3 is 10.7 Å². The minimum absolute atomic E-state index is 0.533. The molecule has 1 aliphatic carbocycles. The van der Waals surface area contributed by atoms with E-state index in [1.807, 2.05) is 7.05 Å². The molecule has 0 fully saturated rings. The lowest BCUT2D eigenvalue weighted by molar-refractivity contribution is 0.535. The monoisotopic (exact) mass is 167 g/mol. The molecule has 3 N–H and O–H groups in total. The number of hydrogen-bond donors (Lipinski definition) is 3. The largest absolute Gasteiger partial charge is 0.325 e. The van der Waals surface area contributed by atoms with Crippen LogP contribution in [0.5, 0.6) is 0 Å². The van der Waals surface area contributed by atoms with Crippen molar-refractivity contribution >= 4 is 0 Å². The van der Waals surface area contributed by atoms with Crippen LogP contribution in [0.1, 0.15) is 25.7 Å². The standard InChI is InChI=1S/C9H17N3/c1-10-6-9-7-4-2-3-5-8(7)11-12-9/h9-12H,2-6H2,1H3. The Balaban J connectivity index is 2.05. The van der Waals surface area contributed by atoms with Crippen molar-refractivity contribution < 1.29 is 0 Å². The molecule has 3 heteroatoms. The van der Waals surface area contributed by atoms with E-state index in [2.05, 4.69) is 16.2 Å². The van der Waals surface area contributed by atoms with Crippen molar-refractivity contribution in [1.82, 2.24) is 16.2 Å². The summed E-state index contributed by atoms with van der Waals surface area (Å²) in [6, 6.07) is 0.533. The van der Waals surface area contributed by atoms with Gasteiger partial charge in [-0.3, -0.25) is 0 Å². The Kier molecular flexibility index (Phi) is 2.33. The minimum atomic E-state index is 0.533. The average molecular weight is 167 g/mol. The van der Waals surface area contributed by atoms with Crippen molar-refractivity contribution in [2.45, 2.75) is 31.7 Å². The Morgan fingerprint density at radius 2 is 2.25 bits per heavy atom. The minimum Gasteiger partial charge on any atom is -0.325 e. The quantitative estimate of drug-likeness (QED) is 0.561. The van der Waals surface area contributed by atoms with Crippen molar-refractivity contribution in [2.24, 2.45) is 0 Å². The third kappa shape index (κ3) is 1.34. The molecule has 0 saturated carbocycles. The highest BCUT2D eigenvalue weighted by Gasteiger charge is 2.25. The van der Waals surface area contributed by atoms with Gasteiger partial charge in [-0.05, 0) is 38.3 Å². The number of rotatable bonds is 2. The van der Waals surface area contributed by atoms with Crippen LogP contribution in [0.25, 0.3) is 0 Å². The predicted octanol–water partition coefficient (Wildman–Crippen LogP) is 0.510. The van der Waals surface area contributed by atoms with Gasteiger partial charge in [-0.1, -0.05) is 0 Å².